The van der Waals surface area contributed by atoms with Crippen molar-refractivity contribution in [1.82, 2.24) is 5.43 Å². The van der Waals surface area contributed by atoms with Crippen LogP contribution in [0, 0.1) is 10.1 Å². The van der Waals surface area contributed by atoms with E-state index >= 15 is 0 Å². The van der Waals surface area contributed by atoms with Gasteiger partial charge >= 0.3 is 0 Å². The molecule has 0 spiro atoms. The highest BCUT2D eigenvalue weighted by molar-refractivity contribution is 6.32. The second-order valence-electron chi connectivity index (χ2n) is 6.81. The van der Waals surface area contributed by atoms with Crippen molar-refractivity contribution < 1.29 is 19.2 Å². The predicted molar refractivity (Wildman–Crippen MR) is 126 cm³/mol. The lowest BCUT2D eigenvalue weighted by Crippen LogP contribution is -2.20. The van der Waals surface area contributed by atoms with E-state index in [2.05, 4.69) is 10.5 Å². The minimum Gasteiger partial charge on any atom is -0.493 e. The number of hydrogen-bond acceptors (Lipinski definition) is 6. The summed E-state index contributed by atoms with van der Waals surface area (Å²) in [5, 5.41) is 15.9. The fourth-order valence-corrected chi connectivity index (χ4v) is 3.32. The summed E-state index contributed by atoms with van der Waals surface area (Å²) in [5.41, 5.74) is 3.99. The van der Waals surface area contributed by atoms with Crippen LogP contribution in [0.15, 0.2) is 65.8 Å². The third-order valence-corrected chi connectivity index (χ3v) is 5.02. The van der Waals surface area contributed by atoms with Crippen molar-refractivity contribution in [2.45, 2.75) is 13.0 Å². The molecule has 1 N–H and O–H groups in total. The predicted octanol–water partition coefficient (Wildman–Crippen LogP) is 5.18. The van der Waals surface area contributed by atoms with E-state index in [1.54, 1.807) is 30.3 Å². The Labute approximate surface area is 199 Å². The molecule has 0 bridgehead atoms. The number of nitrogens with zero attached hydrogens (tertiary/aromatic N) is 2. The Morgan fingerprint density at radius 1 is 1.15 bits per heavy atom. The average Bonchev–Trinajstić information content (AvgIpc) is 2.79. The van der Waals surface area contributed by atoms with Crippen molar-refractivity contribution in [2.24, 2.45) is 5.10 Å². The van der Waals surface area contributed by atoms with Gasteiger partial charge in [0.25, 0.3) is 5.69 Å². The molecular formula is C23H19Cl2N3O5. The molecular weight excluding hydrogens is 469 g/mol. The second-order valence-corrected chi connectivity index (χ2v) is 7.65. The van der Waals surface area contributed by atoms with Crippen molar-refractivity contribution in [3.63, 3.8) is 0 Å². The molecule has 0 radical (unpaired) electrons. The number of halogens is 2. The van der Waals surface area contributed by atoms with Gasteiger partial charge in [0.2, 0.25) is 5.91 Å². The third kappa shape index (κ3) is 6.68. The zero-order valence-corrected chi connectivity index (χ0v) is 19.0. The fourth-order valence-electron chi connectivity index (χ4n) is 2.92. The van der Waals surface area contributed by atoms with Crippen LogP contribution in [0.1, 0.15) is 16.7 Å². The van der Waals surface area contributed by atoms with Crippen LogP contribution >= 0.6 is 23.2 Å². The first-order valence-electron chi connectivity index (χ1n) is 9.66. The summed E-state index contributed by atoms with van der Waals surface area (Å²) in [5.74, 6) is 0.261. The molecule has 3 aromatic carbocycles. The zero-order valence-electron chi connectivity index (χ0n) is 17.5. The van der Waals surface area contributed by atoms with Crippen LogP contribution in [-0.4, -0.2) is 24.2 Å². The maximum Gasteiger partial charge on any atom is 0.273 e. The smallest absolute Gasteiger partial charge is 0.273 e. The molecule has 170 valence electrons. The van der Waals surface area contributed by atoms with Gasteiger partial charge in [-0.1, -0.05) is 53.5 Å². The third-order valence-electron chi connectivity index (χ3n) is 4.49. The van der Waals surface area contributed by atoms with E-state index < -0.39 is 10.8 Å². The van der Waals surface area contributed by atoms with Crippen LogP contribution in [0.5, 0.6) is 11.5 Å². The van der Waals surface area contributed by atoms with E-state index in [1.807, 2.05) is 12.1 Å². The van der Waals surface area contributed by atoms with Gasteiger partial charge in [0.15, 0.2) is 11.5 Å². The lowest BCUT2D eigenvalue weighted by molar-refractivity contribution is -0.385. The molecule has 10 heteroatoms. The number of hydrazone groups is 1. The molecule has 0 saturated heterocycles. The van der Waals surface area contributed by atoms with Crippen LogP contribution in [0.25, 0.3) is 0 Å². The number of nitrogens with one attached hydrogen (secondary N) is 1. The summed E-state index contributed by atoms with van der Waals surface area (Å²) in [6.45, 7) is 0.266. The monoisotopic (exact) mass is 487 g/mol. The topological polar surface area (TPSA) is 103 Å². The van der Waals surface area contributed by atoms with E-state index in [1.165, 1.54) is 31.5 Å². The number of methoxy groups -OCH3 is 1. The SMILES string of the molecule is COc1cc(/C=N/NC(=O)Cc2ccccc2[N+](=O)[O-])cc(Cl)c1OCc1ccc(Cl)cc1. The summed E-state index contributed by atoms with van der Waals surface area (Å²) in [4.78, 5) is 22.7. The number of amides is 1. The molecule has 8 nitrogen and oxygen atoms in total. The first-order valence-corrected chi connectivity index (χ1v) is 10.4. The van der Waals surface area contributed by atoms with E-state index in [-0.39, 0.29) is 18.7 Å². The highest BCUT2D eigenvalue weighted by Crippen LogP contribution is 2.36. The van der Waals surface area contributed by atoms with E-state index in [0.717, 1.165) is 5.56 Å². The van der Waals surface area contributed by atoms with Crippen LogP contribution in [-0.2, 0) is 17.8 Å². The van der Waals surface area contributed by atoms with Gasteiger partial charge in [0.1, 0.15) is 6.61 Å². The standard InChI is InChI=1S/C23H19Cl2N3O5/c1-32-21-11-16(10-19(25)23(21)33-14-15-6-8-18(24)9-7-15)13-26-27-22(29)12-17-4-2-3-5-20(17)28(30)31/h2-11,13H,12,14H2,1H3,(H,27,29)/b26-13+. The quantitative estimate of drug-likeness (QED) is 0.254. The highest BCUT2D eigenvalue weighted by atomic mass is 35.5. The number of carbonyl (C=O) groups excluding carboxylic acids is 1. The molecule has 0 aliphatic rings. The summed E-state index contributed by atoms with van der Waals surface area (Å²) in [7, 11) is 1.48. The Kier molecular flexibility index (Phi) is 8.23. The van der Waals surface area contributed by atoms with E-state index in [0.29, 0.717) is 32.7 Å². The number of para-hydroxylation sites is 1. The van der Waals surface area contributed by atoms with Crippen molar-refractivity contribution in [2.75, 3.05) is 7.11 Å². The Hall–Kier alpha value is -3.62. The van der Waals surface area contributed by atoms with Crippen molar-refractivity contribution >= 4 is 41.0 Å². The van der Waals surface area contributed by atoms with Crippen molar-refractivity contribution in [3.05, 3.63) is 97.5 Å². The number of ether oxygens (including phenoxy) is 2. The molecule has 0 aliphatic heterocycles. The van der Waals surface area contributed by atoms with Gasteiger partial charge in [0.05, 0.1) is 29.7 Å². The number of rotatable bonds is 9. The zero-order chi connectivity index (χ0) is 23.8. The van der Waals surface area contributed by atoms with Gasteiger partial charge in [0, 0.05) is 16.7 Å². The number of nitro benzene ring substituents is 1. The highest BCUT2D eigenvalue weighted by Gasteiger charge is 2.15. The molecule has 3 aromatic rings. The Morgan fingerprint density at radius 3 is 2.58 bits per heavy atom. The van der Waals surface area contributed by atoms with Gasteiger partial charge in [-0.2, -0.15) is 5.10 Å². The average molecular weight is 488 g/mol. The van der Waals surface area contributed by atoms with Crippen LogP contribution < -0.4 is 14.9 Å². The van der Waals surface area contributed by atoms with Crippen molar-refractivity contribution in [1.29, 1.82) is 0 Å². The molecule has 0 aliphatic carbocycles. The normalized spacial score (nSPS) is 10.8. The number of benzene rings is 3. The van der Waals surface area contributed by atoms with Gasteiger partial charge in [-0.05, 0) is 35.4 Å². The number of nitro groups is 1. The number of hydrogen-bond donors (Lipinski definition) is 1. The molecule has 3 rings (SSSR count). The Bertz CT molecular complexity index is 1180. The molecule has 33 heavy (non-hydrogen) atoms. The molecule has 0 atom stereocenters. The van der Waals surface area contributed by atoms with Crippen molar-refractivity contribution in [3.8, 4) is 11.5 Å². The van der Waals surface area contributed by atoms with Gasteiger partial charge in [-0.15, -0.1) is 0 Å². The lowest BCUT2D eigenvalue weighted by atomic mass is 10.1. The summed E-state index contributed by atoms with van der Waals surface area (Å²) < 4.78 is 11.2. The minimum absolute atomic E-state index is 0.123. The van der Waals surface area contributed by atoms with Gasteiger partial charge < -0.3 is 9.47 Å². The fraction of sp³-hybridized carbons (Fsp3) is 0.130. The molecule has 0 heterocycles. The number of carbonyl (C=O) groups is 1. The van der Waals surface area contributed by atoms with Gasteiger partial charge in [-0.25, -0.2) is 5.43 Å². The molecule has 0 fully saturated rings. The Balaban J connectivity index is 1.65. The maximum absolute atomic E-state index is 12.1. The summed E-state index contributed by atoms with van der Waals surface area (Å²) >= 11 is 12.3. The summed E-state index contributed by atoms with van der Waals surface area (Å²) in [6.07, 6.45) is 1.20. The minimum atomic E-state index is -0.531. The first kappa shape index (κ1) is 24.0. The molecule has 0 aromatic heterocycles. The molecule has 0 unspecified atom stereocenters. The van der Waals surface area contributed by atoms with Gasteiger partial charge in [-0.3, -0.25) is 14.9 Å². The second kappa shape index (κ2) is 11.3. The van der Waals surface area contributed by atoms with Crippen LogP contribution in [0.4, 0.5) is 5.69 Å². The van der Waals surface area contributed by atoms with Crippen LogP contribution in [0.2, 0.25) is 10.0 Å². The first-order chi connectivity index (χ1) is 15.9. The summed E-state index contributed by atoms with van der Waals surface area (Å²) in [6, 6.07) is 16.5. The van der Waals surface area contributed by atoms with E-state index in [4.69, 9.17) is 32.7 Å². The Morgan fingerprint density at radius 2 is 1.88 bits per heavy atom. The molecule has 0 saturated carbocycles. The largest absolute Gasteiger partial charge is 0.493 e. The van der Waals surface area contributed by atoms with Crippen LogP contribution in [0.3, 0.4) is 0 Å². The maximum atomic E-state index is 12.1. The lowest BCUT2D eigenvalue weighted by Gasteiger charge is -2.13. The van der Waals surface area contributed by atoms with E-state index in [9.17, 15) is 14.9 Å². The molecule has 1 amide bonds.